The Hall–Kier alpha value is -2.16. The van der Waals surface area contributed by atoms with Gasteiger partial charge in [0.05, 0.1) is 6.54 Å². The number of hydrogen-bond acceptors (Lipinski definition) is 6. The third kappa shape index (κ3) is 5.66. The van der Waals surface area contributed by atoms with Gasteiger partial charge in [-0.2, -0.15) is 18.2 Å². The van der Waals surface area contributed by atoms with Gasteiger partial charge < -0.3 is 9.84 Å². The first-order chi connectivity index (χ1) is 12.8. The fourth-order valence-electron chi connectivity index (χ4n) is 3.10. The maximum Gasteiger partial charge on any atom is 0.401 e. The van der Waals surface area contributed by atoms with Crippen molar-refractivity contribution in [2.75, 3.05) is 31.5 Å². The maximum atomic E-state index is 12.5. The van der Waals surface area contributed by atoms with E-state index in [1.165, 1.54) is 4.90 Å². The van der Waals surface area contributed by atoms with Gasteiger partial charge in [0, 0.05) is 24.2 Å². The Bertz CT molecular complexity index is 739. The summed E-state index contributed by atoms with van der Waals surface area (Å²) in [5, 5.41) is 7.24. The number of piperidine rings is 1. The van der Waals surface area contributed by atoms with Crippen LogP contribution >= 0.6 is 0 Å². The van der Waals surface area contributed by atoms with E-state index >= 15 is 0 Å². The molecule has 1 saturated heterocycles. The van der Waals surface area contributed by atoms with Gasteiger partial charge >= 0.3 is 6.18 Å². The van der Waals surface area contributed by atoms with Crippen LogP contribution in [0, 0.1) is 5.92 Å². The molecule has 0 aliphatic carbocycles. The zero-order chi connectivity index (χ0) is 19.4. The van der Waals surface area contributed by atoms with Crippen molar-refractivity contribution in [1.82, 2.24) is 20.0 Å². The molecule has 0 spiro atoms. The third-order valence-corrected chi connectivity index (χ3v) is 4.65. The summed E-state index contributed by atoms with van der Waals surface area (Å²) in [6.07, 6.45) is -0.975. The Morgan fingerprint density at radius 1 is 1.30 bits per heavy atom. The van der Waals surface area contributed by atoms with E-state index in [1.54, 1.807) is 12.3 Å². The number of anilines is 1. The molecule has 2 aromatic rings. The van der Waals surface area contributed by atoms with Gasteiger partial charge in [0.25, 0.3) is 5.89 Å². The van der Waals surface area contributed by atoms with Crippen LogP contribution in [0.25, 0.3) is 11.5 Å². The van der Waals surface area contributed by atoms with Crippen LogP contribution in [0.5, 0.6) is 0 Å². The molecule has 9 heteroatoms. The molecule has 0 unspecified atom stereocenters. The van der Waals surface area contributed by atoms with Crippen LogP contribution in [-0.4, -0.2) is 52.4 Å². The number of aromatic nitrogens is 3. The normalized spacial score (nSPS) is 16.8. The van der Waals surface area contributed by atoms with Crippen molar-refractivity contribution in [3.8, 4) is 11.5 Å². The zero-order valence-electron chi connectivity index (χ0n) is 15.5. The molecule has 0 saturated carbocycles. The van der Waals surface area contributed by atoms with Crippen molar-refractivity contribution in [1.29, 1.82) is 0 Å². The predicted octanol–water partition coefficient (Wildman–Crippen LogP) is 3.94. The highest BCUT2D eigenvalue weighted by Gasteiger charge is 2.32. The lowest BCUT2D eigenvalue weighted by molar-refractivity contribution is -0.148. The summed E-state index contributed by atoms with van der Waals surface area (Å²) in [5.41, 5.74) is 0.784. The zero-order valence-corrected chi connectivity index (χ0v) is 15.5. The van der Waals surface area contributed by atoms with Gasteiger partial charge in [-0.3, -0.25) is 4.90 Å². The summed E-state index contributed by atoms with van der Waals surface area (Å²) in [5.74, 6) is 2.31. The summed E-state index contributed by atoms with van der Waals surface area (Å²) < 4.78 is 42.7. The van der Waals surface area contributed by atoms with Gasteiger partial charge in [-0.15, -0.1) is 0 Å². The number of pyridine rings is 1. The topological polar surface area (TPSA) is 67.1 Å². The average Bonchev–Trinajstić information content (AvgIpc) is 3.11. The highest BCUT2D eigenvalue weighted by atomic mass is 19.4. The second-order valence-electron chi connectivity index (χ2n) is 7.26. The lowest BCUT2D eigenvalue weighted by Gasteiger charge is -2.32. The Morgan fingerprint density at radius 3 is 2.67 bits per heavy atom. The van der Waals surface area contributed by atoms with Crippen LogP contribution in [0.1, 0.15) is 38.4 Å². The third-order valence-electron chi connectivity index (χ3n) is 4.65. The van der Waals surface area contributed by atoms with Gasteiger partial charge in [-0.1, -0.05) is 19.0 Å². The summed E-state index contributed by atoms with van der Waals surface area (Å²) in [6, 6.07) is 3.65. The number of nitrogens with zero attached hydrogens (tertiary/aromatic N) is 4. The molecular weight excluding hydrogens is 359 g/mol. The molecule has 0 radical (unpaired) electrons. The summed E-state index contributed by atoms with van der Waals surface area (Å²) in [7, 11) is 0. The first kappa shape index (κ1) is 19.6. The number of rotatable bonds is 6. The Kier molecular flexibility index (Phi) is 5.98. The van der Waals surface area contributed by atoms with E-state index in [1.807, 2.05) is 19.9 Å². The molecule has 3 rings (SSSR count). The fraction of sp³-hybridized carbons (Fsp3) is 0.611. The number of likely N-dealkylation sites (tertiary alicyclic amines) is 1. The van der Waals surface area contributed by atoms with Crippen molar-refractivity contribution >= 4 is 5.82 Å². The van der Waals surface area contributed by atoms with Gasteiger partial charge in [-0.05, 0) is 44.0 Å². The monoisotopic (exact) mass is 383 g/mol. The van der Waals surface area contributed by atoms with E-state index < -0.39 is 12.7 Å². The van der Waals surface area contributed by atoms with Gasteiger partial charge in [0.2, 0.25) is 0 Å². The molecule has 3 heterocycles. The summed E-state index contributed by atoms with van der Waals surface area (Å²) in [6.45, 7) is 4.79. The first-order valence-corrected chi connectivity index (χ1v) is 9.13. The molecule has 6 nitrogen and oxygen atoms in total. The van der Waals surface area contributed by atoms with Crippen molar-refractivity contribution < 1.29 is 17.7 Å². The van der Waals surface area contributed by atoms with Crippen LogP contribution < -0.4 is 5.32 Å². The lowest BCUT2D eigenvalue weighted by Crippen LogP contribution is -2.41. The van der Waals surface area contributed by atoms with E-state index in [0.29, 0.717) is 43.1 Å². The fourth-order valence-corrected chi connectivity index (χ4v) is 3.10. The molecule has 0 amide bonds. The van der Waals surface area contributed by atoms with Crippen molar-refractivity contribution in [2.45, 2.75) is 38.8 Å². The summed E-state index contributed by atoms with van der Waals surface area (Å²) >= 11 is 0. The van der Waals surface area contributed by atoms with E-state index in [0.717, 1.165) is 18.4 Å². The molecule has 1 fully saturated rings. The van der Waals surface area contributed by atoms with Gasteiger partial charge in [0.1, 0.15) is 5.82 Å². The molecule has 1 N–H and O–H groups in total. The van der Waals surface area contributed by atoms with Crippen molar-refractivity contribution in [3.05, 3.63) is 24.2 Å². The van der Waals surface area contributed by atoms with E-state index in [2.05, 4.69) is 20.4 Å². The van der Waals surface area contributed by atoms with Crippen LogP contribution in [0.15, 0.2) is 22.9 Å². The average molecular weight is 383 g/mol. The molecule has 0 atom stereocenters. The minimum absolute atomic E-state index is 0.185. The van der Waals surface area contributed by atoms with Crippen molar-refractivity contribution in [3.63, 3.8) is 0 Å². The Morgan fingerprint density at radius 2 is 2.04 bits per heavy atom. The molecular formula is C18H24F3N5O. The SMILES string of the molecule is CC(C)c1noc(-c2ccnc(NCC3CCN(CC(F)(F)F)CC3)c2)n1. The Balaban J connectivity index is 1.52. The van der Waals surface area contributed by atoms with E-state index in [-0.39, 0.29) is 5.92 Å². The number of halogens is 3. The highest BCUT2D eigenvalue weighted by molar-refractivity contribution is 5.57. The minimum Gasteiger partial charge on any atom is -0.370 e. The standard InChI is InChI=1S/C18H24F3N5O/c1-12(2)16-24-17(27-25-16)14-3-6-22-15(9-14)23-10-13-4-7-26(8-5-13)11-18(19,20)21/h3,6,9,12-13H,4-5,7-8,10-11H2,1-2H3,(H,22,23). The van der Waals surface area contributed by atoms with E-state index in [9.17, 15) is 13.2 Å². The van der Waals surface area contributed by atoms with Crippen LogP contribution in [0.4, 0.5) is 19.0 Å². The smallest absolute Gasteiger partial charge is 0.370 e. The second kappa shape index (κ2) is 8.24. The first-order valence-electron chi connectivity index (χ1n) is 9.13. The quantitative estimate of drug-likeness (QED) is 0.815. The second-order valence-corrected chi connectivity index (χ2v) is 7.26. The van der Waals surface area contributed by atoms with Gasteiger partial charge in [-0.25, -0.2) is 4.98 Å². The molecule has 27 heavy (non-hydrogen) atoms. The highest BCUT2D eigenvalue weighted by Crippen LogP contribution is 2.24. The van der Waals surface area contributed by atoms with Crippen LogP contribution in [0.3, 0.4) is 0 Å². The number of nitrogens with one attached hydrogen (secondary N) is 1. The number of hydrogen-bond donors (Lipinski definition) is 1. The molecule has 148 valence electrons. The van der Waals surface area contributed by atoms with Gasteiger partial charge in [0.15, 0.2) is 5.82 Å². The molecule has 1 aliphatic rings. The Labute approximate surface area is 156 Å². The van der Waals surface area contributed by atoms with E-state index in [4.69, 9.17) is 4.52 Å². The van der Waals surface area contributed by atoms with Crippen LogP contribution in [0.2, 0.25) is 0 Å². The summed E-state index contributed by atoms with van der Waals surface area (Å²) in [4.78, 5) is 10.1. The van der Waals surface area contributed by atoms with Crippen molar-refractivity contribution in [2.24, 2.45) is 5.92 Å². The van der Waals surface area contributed by atoms with Crippen LogP contribution in [-0.2, 0) is 0 Å². The predicted molar refractivity (Wildman–Crippen MR) is 95.3 cm³/mol. The molecule has 0 bridgehead atoms. The maximum absolute atomic E-state index is 12.5. The molecule has 2 aromatic heterocycles. The largest absolute Gasteiger partial charge is 0.401 e. The minimum atomic E-state index is -4.13. The molecule has 0 aromatic carbocycles. The lowest BCUT2D eigenvalue weighted by atomic mass is 9.97. The molecule has 1 aliphatic heterocycles. The number of alkyl halides is 3.